The van der Waals surface area contributed by atoms with Crippen LogP contribution in [0, 0.1) is 11.2 Å². The largest absolute Gasteiger partial charge is 0.459 e. The summed E-state index contributed by atoms with van der Waals surface area (Å²) < 4.78 is 20.4. The molecule has 0 saturated carbocycles. The lowest BCUT2D eigenvalue weighted by Crippen LogP contribution is -2.36. The van der Waals surface area contributed by atoms with Crippen LogP contribution in [0.25, 0.3) is 5.69 Å². The third-order valence-corrected chi connectivity index (χ3v) is 4.75. The molecule has 0 fully saturated rings. The van der Waals surface area contributed by atoms with E-state index in [1.54, 1.807) is 12.1 Å². The SMILES string of the molecule is CC(C)(C)C(=O)NCCC(=O)OCc1nn(-c2ccc(F)cc2)c2c1CCC2. The standard InChI is InChI=1S/C21H26FN3O3/c1-21(2,3)20(27)23-12-11-19(26)28-13-17-16-5-4-6-18(16)25(24-17)15-9-7-14(22)8-10-15/h7-10H,4-6,11-13H2,1-3H3,(H,23,27). The van der Waals surface area contributed by atoms with Crippen molar-refractivity contribution in [1.82, 2.24) is 15.1 Å². The highest BCUT2D eigenvalue weighted by Gasteiger charge is 2.24. The van der Waals surface area contributed by atoms with Crippen molar-refractivity contribution in [2.45, 2.75) is 53.1 Å². The van der Waals surface area contributed by atoms with Crippen LogP contribution in [0.15, 0.2) is 24.3 Å². The van der Waals surface area contributed by atoms with Gasteiger partial charge in [-0.15, -0.1) is 0 Å². The van der Waals surface area contributed by atoms with E-state index in [2.05, 4.69) is 10.4 Å². The third-order valence-electron chi connectivity index (χ3n) is 4.75. The third kappa shape index (κ3) is 4.58. The smallest absolute Gasteiger partial charge is 0.307 e. The molecule has 28 heavy (non-hydrogen) atoms. The maximum atomic E-state index is 13.2. The topological polar surface area (TPSA) is 73.2 Å². The van der Waals surface area contributed by atoms with E-state index in [1.807, 2.05) is 25.5 Å². The molecule has 0 spiro atoms. The van der Waals surface area contributed by atoms with Crippen molar-refractivity contribution >= 4 is 11.9 Å². The Morgan fingerprint density at radius 1 is 1.21 bits per heavy atom. The molecular weight excluding hydrogens is 361 g/mol. The summed E-state index contributed by atoms with van der Waals surface area (Å²) in [5.74, 6) is -0.770. The average molecular weight is 387 g/mol. The molecule has 1 aromatic heterocycles. The zero-order valence-corrected chi connectivity index (χ0v) is 16.5. The van der Waals surface area contributed by atoms with Gasteiger partial charge in [-0.2, -0.15) is 5.10 Å². The summed E-state index contributed by atoms with van der Waals surface area (Å²) in [5, 5.41) is 7.33. The van der Waals surface area contributed by atoms with Crippen molar-refractivity contribution in [1.29, 1.82) is 0 Å². The van der Waals surface area contributed by atoms with Gasteiger partial charge < -0.3 is 10.1 Å². The number of benzene rings is 1. The summed E-state index contributed by atoms with van der Waals surface area (Å²) in [5.41, 5.74) is 3.25. The second kappa shape index (κ2) is 8.12. The van der Waals surface area contributed by atoms with Crippen molar-refractivity contribution < 1.29 is 18.7 Å². The van der Waals surface area contributed by atoms with Crippen LogP contribution in [0.1, 0.15) is 50.6 Å². The van der Waals surface area contributed by atoms with Crippen LogP contribution < -0.4 is 5.32 Å². The Hall–Kier alpha value is -2.70. The van der Waals surface area contributed by atoms with E-state index in [0.717, 1.165) is 41.9 Å². The molecule has 0 aliphatic heterocycles. The number of nitrogens with one attached hydrogen (secondary N) is 1. The zero-order chi connectivity index (χ0) is 20.3. The summed E-state index contributed by atoms with van der Waals surface area (Å²) in [6.45, 7) is 5.80. The van der Waals surface area contributed by atoms with Gasteiger partial charge in [-0.1, -0.05) is 20.8 Å². The number of rotatable bonds is 6. The van der Waals surface area contributed by atoms with Crippen LogP contribution in [0.5, 0.6) is 0 Å². The minimum atomic E-state index is -0.488. The van der Waals surface area contributed by atoms with Gasteiger partial charge in [-0.05, 0) is 43.5 Å². The predicted octanol–water partition coefficient (Wildman–Crippen LogP) is 3.10. The first-order chi connectivity index (χ1) is 13.3. The summed E-state index contributed by atoms with van der Waals surface area (Å²) in [4.78, 5) is 23.8. The Labute approximate surface area is 164 Å². The van der Waals surface area contributed by atoms with E-state index in [1.165, 1.54) is 12.1 Å². The highest BCUT2D eigenvalue weighted by molar-refractivity contribution is 5.81. The van der Waals surface area contributed by atoms with E-state index in [0.29, 0.717) is 0 Å². The van der Waals surface area contributed by atoms with Gasteiger partial charge in [0.15, 0.2) is 0 Å². The molecule has 3 rings (SSSR count). The van der Waals surface area contributed by atoms with Gasteiger partial charge in [0.1, 0.15) is 18.1 Å². The fraction of sp³-hybridized carbons (Fsp3) is 0.476. The molecule has 1 aromatic carbocycles. The molecule has 1 amide bonds. The van der Waals surface area contributed by atoms with Gasteiger partial charge >= 0.3 is 5.97 Å². The molecule has 1 aliphatic rings. The number of carbonyl (C=O) groups excluding carboxylic acids is 2. The van der Waals surface area contributed by atoms with E-state index < -0.39 is 5.41 Å². The molecule has 0 saturated heterocycles. The van der Waals surface area contributed by atoms with Crippen molar-refractivity contribution in [3.05, 3.63) is 47.0 Å². The Bertz CT molecular complexity index is 866. The highest BCUT2D eigenvalue weighted by Crippen LogP contribution is 2.28. The number of hydrogen-bond donors (Lipinski definition) is 1. The number of esters is 1. The van der Waals surface area contributed by atoms with Crippen molar-refractivity contribution in [2.24, 2.45) is 5.41 Å². The van der Waals surface area contributed by atoms with Gasteiger partial charge in [-0.25, -0.2) is 9.07 Å². The fourth-order valence-electron chi connectivity index (χ4n) is 3.19. The first-order valence-electron chi connectivity index (χ1n) is 9.55. The lowest BCUT2D eigenvalue weighted by molar-refractivity contribution is -0.145. The first kappa shape index (κ1) is 20.0. The van der Waals surface area contributed by atoms with Crippen molar-refractivity contribution in [3.63, 3.8) is 0 Å². The molecule has 0 unspecified atom stereocenters. The Balaban J connectivity index is 1.59. The normalized spacial score (nSPS) is 13.3. The predicted molar refractivity (Wildman–Crippen MR) is 102 cm³/mol. The average Bonchev–Trinajstić information content (AvgIpc) is 3.23. The molecule has 7 heteroatoms. The summed E-state index contributed by atoms with van der Waals surface area (Å²) >= 11 is 0. The van der Waals surface area contributed by atoms with Gasteiger partial charge in [0.2, 0.25) is 5.91 Å². The van der Waals surface area contributed by atoms with Crippen LogP contribution in [-0.4, -0.2) is 28.2 Å². The van der Waals surface area contributed by atoms with Gasteiger partial charge in [0, 0.05) is 23.2 Å². The molecule has 150 valence electrons. The monoisotopic (exact) mass is 387 g/mol. The first-order valence-corrected chi connectivity index (χ1v) is 9.55. The number of amides is 1. The number of aromatic nitrogens is 2. The highest BCUT2D eigenvalue weighted by atomic mass is 19.1. The minimum Gasteiger partial charge on any atom is -0.459 e. The van der Waals surface area contributed by atoms with E-state index in [9.17, 15) is 14.0 Å². The Morgan fingerprint density at radius 3 is 2.61 bits per heavy atom. The molecule has 1 heterocycles. The maximum absolute atomic E-state index is 13.2. The van der Waals surface area contributed by atoms with Crippen LogP contribution >= 0.6 is 0 Å². The van der Waals surface area contributed by atoms with Crippen LogP contribution in [0.4, 0.5) is 4.39 Å². The lowest BCUT2D eigenvalue weighted by Gasteiger charge is -2.17. The molecular formula is C21H26FN3O3. The second-order valence-corrected chi connectivity index (χ2v) is 8.03. The van der Waals surface area contributed by atoms with Gasteiger partial charge in [-0.3, -0.25) is 9.59 Å². The quantitative estimate of drug-likeness (QED) is 0.773. The molecule has 1 N–H and O–H groups in total. The molecule has 6 nitrogen and oxygen atoms in total. The van der Waals surface area contributed by atoms with Crippen molar-refractivity contribution in [2.75, 3.05) is 6.54 Å². The Kier molecular flexibility index (Phi) is 5.82. The van der Waals surface area contributed by atoms with Crippen molar-refractivity contribution in [3.8, 4) is 5.69 Å². The maximum Gasteiger partial charge on any atom is 0.307 e. The number of halogens is 1. The summed E-state index contributed by atoms with van der Waals surface area (Å²) in [6.07, 6.45) is 2.92. The molecule has 0 radical (unpaired) electrons. The number of hydrogen-bond acceptors (Lipinski definition) is 4. The minimum absolute atomic E-state index is 0.0998. The van der Waals surface area contributed by atoms with E-state index in [4.69, 9.17) is 4.74 Å². The number of carbonyl (C=O) groups is 2. The van der Waals surface area contributed by atoms with Gasteiger partial charge in [0.05, 0.1) is 12.1 Å². The Morgan fingerprint density at radius 2 is 1.93 bits per heavy atom. The molecule has 0 atom stereocenters. The van der Waals surface area contributed by atoms with E-state index in [-0.39, 0.29) is 37.3 Å². The lowest BCUT2D eigenvalue weighted by atomic mass is 9.96. The van der Waals surface area contributed by atoms with Gasteiger partial charge in [0.25, 0.3) is 0 Å². The van der Waals surface area contributed by atoms with E-state index >= 15 is 0 Å². The van der Waals surface area contributed by atoms with Crippen LogP contribution in [0.2, 0.25) is 0 Å². The van der Waals surface area contributed by atoms with Crippen LogP contribution in [-0.2, 0) is 33.8 Å². The number of fused-ring (bicyclic) bond motifs is 1. The molecule has 2 aromatic rings. The second-order valence-electron chi connectivity index (χ2n) is 8.03. The zero-order valence-electron chi connectivity index (χ0n) is 16.5. The molecule has 0 bridgehead atoms. The van der Waals surface area contributed by atoms with Crippen LogP contribution in [0.3, 0.4) is 0 Å². The molecule has 1 aliphatic carbocycles. The summed E-state index contributed by atoms with van der Waals surface area (Å²) in [6, 6.07) is 6.19. The number of nitrogens with zero attached hydrogens (tertiary/aromatic N) is 2. The summed E-state index contributed by atoms with van der Waals surface area (Å²) in [7, 11) is 0. The fourth-order valence-corrected chi connectivity index (χ4v) is 3.19. The number of ether oxygens (including phenoxy) is 1.